The number of piperidine rings is 1. The summed E-state index contributed by atoms with van der Waals surface area (Å²) < 4.78 is 1.75. The molecule has 1 amide bonds. The van der Waals surface area contributed by atoms with Crippen LogP contribution >= 0.6 is 0 Å². The first kappa shape index (κ1) is 12.0. The molecule has 0 aliphatic carbocycles. The summed E-state index contributed by atoms with van der Waals surface area (Å²) in [7, 11) is 0. The number of rotatable bonds is 5. The predicted molar refractivity (Wildman–Crippen MR) is 63.3 cm³/mol. The lowest BCUT2D eigenvalue weighted by atomic mass is 10.1. The van der Waals surface area contributed by atoms with Crippen molar-refractivity contribution in [2.75, 3.05) is 26.2 Å². The van der Waals surface area contributed by atoms with Crippen molar-refractivity contribution in [3.05, 3.63) is 12.4 Å². The molecule has 1 aromatic rings. The first-order valence-electron chi connectivity index (χ1n) is 6.19. The zero-order valence-electron chi connectivity index (χ0n) is 10.0. The van der Waals surface area contributed by atoms with Gasteiger partial charge >= 0.3 is 0 Å². The van der Waals surface area contributed by atoms with Crippen LogP contribution in [-0.2, 0) is 11.3 Å². The maximum atomic E-state index is 11.8. The van der Waals surface area contributed by atoms with Crippen LogP contribution in [0.2, 0.25) is 0 Å². The van der Waals surface area contributed by atoms with Gasteiger partial charge in [-0.3, -0.25) is 9.48 Å². The van der Waals surface area contributed by atoms with Gasteiger partial charge in [0.15, 0.2) is 0 Å². The molecule has 0 unspecified atom stereocenters. The molecule has 0 atom stereocenters. The van der Waals surface area contributed by atoms with E-state index in [1.54, 1.807) is 10.9 Å². The lowest BCUT2D eigenvalue weighted by Crippen LogP contribution is -2.41. The molecule has 1 fully saturated rings. The van der Waals surface area contributed by atoms with Crippen molar-refractivity contribution >= 4 is 5.91 Å². The Bertz CT molecular complexity index is 332. The third-order valence-corrected chi connectivity index (χ3v) is 2.97. The number of nitrogens with zero attached hydrogens (tertiary/aromatic N) is 4. The Hall–Kier alpha value is -1.43. The van der Waals surface area contributed by atoms with E-state index in [-0.39, 0.29) is 5.91 Å². The quantitative estimate of drug-likeness (QED) is 0.725. The van der Waals surface area contributed by atoms with E-state index in [0.717, 1.165) is 39.0 Å². The zero-order valence-corrected chi connectivity index (χ0v) is 10.0. The molecule has 1 aliphatic rings. The third-order valence-electron chi connectivity index (χ3n) is 2.97. The van der Waals surface area contributed by atoms with Crippen molar-refractivity contribution in [3.63, 3.8) is 0 Å². The van der Waals surface area contributed by atoms with Crippen molar-refractivity contribution in [2.24, 2.45) is 0 Å². The number of nitrogens with one attached hydrogen (secondary N) is 1. The van der Waals surface area contributed by atoms with E-state index in [1.165, 1.54) is 6.42 Å². The normalized spacial score (nSPS) is 16.1. The average molecular weight is 237 g/mol. The van der Waals surface area contributed by atoms with Crippen LogP contribution in [0.5, 0.6) is 0 Å². The summed E-state index contributed by atoms with van der Waals surface area (Å²) in [6, 6.07) is 0. The van der Waals surface area contributed by atoms with E-state index in [4.69, 9.17) is 0 Å². The van der Waals surface area contributed by atoms with E-state index in [0.29, 0.717) is 6.54 Å². The molecule has 0 bridgehead atoms. The summed E-state index contributed by atoms with van der Waals surface area (Å²) in [5.74, 6) is 0.211. The second-order valence-electron chi connectivity index (χ2n) is 4.28. The van der Waals surface area contributed by atoms with Gasteiger partial charge in [-0.2, -0.15) is 0 Å². The molecular weight excluding hydrogens is 218 g/mol. The van der Waals surface area contributed by atoms with Gasteiger partial charge in [0.2, 0.25) is 5.91 Å². The van der Waals surface area contributed by atoms with E-state index in [9.17, 15) is 4.79 Å². The van der Waals surface area contributed by atoms with Crippen molar-refractivity contribution < 1.29 is 4.79 Å². The maximum absolute atomic E-state index is 11.8. The fourth-order valence-electron chi connectivity index (χ4n) is 2.00. The van der Waals surface area contributed by atoms with E-state index in [1.807, 2.05) is 11.1 Å². The SMILES string of the molecule is O=C(CNCCn1ccnn1)N1CCCCC1. The van der Waals surface area contributed by atoms with E-state index < -0.39 is 0 Å². The number of likely N-dealkylation sites (tertiary alicyclic amines) is 1. The number of hydrogen-bond donors (Lipinski definition) is 1. The van der Waals surface area contributed by atoms with Crippen LogP contribution in [0.1, 0.15) is 19.3 Å². The molecule has 6 heteroatoms. The number of amides is 1. The summed E-state index contributed by atoms with van der Waals surface area (Å²) in [6.45, 7) is 3.75. The van der Waals surface area contributed by atoms with Crippen molar-refractivity contribution in [2.45, 2.75) is 25.8 Å². The Morgan fingerprint density at radius 2 is 2.12 bits per heavy atom. The molecule has 17 heavy (non-hydrogen) atoms. The first-order chi connectivity index (χ1) is 8.36. The Morgan fingerprint density at radius 1 is 1.29 bits per heavy atom. The molecule has 0 radical (unpaired) electrons. The molecular formula is C11H19N5O. The highest BCUT2D eigenvalue weighted by Crippen LogP contribution is 2.07. The second-order valence-corrected chi connectivity index (χ2v) is 4.28. The number of aromatic nitrogens is 3. The molecule has 2 rings (SSSR count). The summed E-state index contributed by atoms with van der Waals surface area (Å²) in [5.41, 5.74) is 0. The van der Waals surface area contributed by atoms with E-state index >= 15 is 0 Å². The summed E-state index contributed by atoms with van der Waals surface area (Å²) in [6.07, 6.45) is 7.01. The minimum absolute atomic E-state index is 0.211. The Balaban J connectivity index is 1.59. The summed E-state index contributed by atoms with van der Waals surface area (Å²) >= 11 is 0. The Kier molecular flexibility index (Phi) is 4.49. The van der Waals surface area contributed by atoms with Gasteiger partial charge < -0.3 is 10.2 Å². The van der Waals surface area contributed by atoms with Crippen molar-refractivity contribution in [1.82, 2.24) is 25.2 Å². The summed E-state index contributed by atoms with van der Waals surface area (Å²) in [5, 5.41) is 10.7. The minimum atomic E-state index is 0.211. The number of hydrogen-bond acceptors (Lipinski definition) is 4. The number of carbonyl (C=O) groups excluding carboxylic acids is 1. The van der Waals surface area contributed by atoms with Crippen LogP contribution in [0.25, 0.3) is 0 Å². The first-order valence-corrected chi connectivity index (χ1v) is 6.19. The molecule has 6 nitrogen and oxygen atoms in total. The van der Waals surface area contributed by atoms with Crippen LogP contribution < -0.4 is 5.32 Å². The van der Waals surface area contributed by atoms with Gasteiger partial charge in [0.05, 0.1) is 19.3 Å². The fourth-order valence-corrected chi connectivity index (χ4v) is 2.00. The van der Waals surface area contributed by atoms with Crippen molar-refractivity contribution in [1.29, 1.82) is 0 Å². The van der Waals surface area contributed by atoms with Gasteiger partial charge in [0.1, 0.15) is 0 Å². The highest BCUT2D eigenvalue weighted by Gasteiger charge is 2.15. The number of carbonyl (C=O) groups is 1. The molecule has 0 aromatic carbocycles. The molecule has 1 aliphatic heterocycles. The van der Waals surface area contributed by atoms with Crippen molar-refractivity contribution in [3.8, 4) is 0 Å². The van der Waals surface area contributed by atoms with Crippen LogP contribution in [0.3, 0.4) is 0 Å². The Morgan fingerprint density at radius 3 is 2.82 bits per heavy atom. The molecule has 1 aromatic heterocycles. The van der Waals surface area contributed by atoms with Crippen LogP contribution in [0, 0.1) is 0 Å². The van der Waals surface area contributed by atoms with Crippen LogP contribution in [-0.4, -0.2) is 52.0 Å². The Labute approximate surface area is 101 Å². The third kappa shape index (κ3) is 3.81. The van der Waals surface area contributed by atoms with Gasteiger partial charge in [0, 0.05) is 25.8 Å². The maximum Gasteiger partial charge on any atom is 0.236 e. The van der Waals surface area contributed by atoms with Gasteiger partial charge in [-0.25, -0.2) is 0 Å². The fraction of sp³-hybridized carbons (Fsp3) is 0.727. The van der Waals surface area contributed by atoms with Crippen LogP contribution in [0.4, 0.5) is 0 Å². The smallest absolute Gasteiger partial charge is 0.236 e. The van der Waals surface area contributed by atoms with Gasteiger partial charge in [-0.15, -0.1) is 5.10 Å². The molecule has 1 N–H and O–H groups in total. The highest BCUT2D eigenvalue weighted by molar-refractivity contribution is 5.78. The van der Waals surface area contributed by atoms with Gasteiger partial charge in [-0.1, -0.05) is 5.21 Å². The lowest BCUT2D eigenvalue weighted by Gasteiger charge is -2.26. The molecule has 0 saturated carbocycles. The van der Waals surface area contributed by atoms with E-state index in [2.05, 4.69) is 15.6 Å². The topological polar surface area (TPSA) is 63.1 Å². The molecule has 2 heterocycles. The van der Waals surface area contributed by atoms with Crippen LogP contribution in [0.15, 0.2) is 12.4 Å². The minimum Gasteiger partial charge on any atom is -0.342 e. The monoisotopic (exact) mass is 237 g/mol. The summed E-state index contributed by atoms with van der Waals surface area (Å²) in [4.78, 5) is 13.7. The van der Waals surface area contributed by atoms with Gasteiger partial charge in [-0.05, 0) is 19.3 Å². The average Bonchev–Trinajstić information content (AvgIpc) is 2.88. The standard InChI is InChI=1S/C11H19N5O/c17-11(15-6-2-1-3-7-15)10-12-4-8-16-9-5-13-14-16/h5,9,12H,1-4,6-8,10H2. The van der Waals surface area contributed by atoms with Gasteiger partial charge in [0.25, 0.3) is 0 Å². The largest absolute Gasteiger partial charge is 0.342 e. The molecule has 94 valence electrons. The predicted octanol–water partition coefficient (Wildman–Crippen LogP) is -0.120. The zero-order chi connectivity index (χ0) is 11.9. The molecule has 1 saturated heterocycles. The molecule has 0 spiro atoms. The highest BCUT2D eigenvalue weighted by atomic mass is 16.2. The lowest BCUT2D eigenvalue weighted by molar-refractivity contribution is -0.131. The second kappa shape index (κ2) is 6.34.